The average Bonchev–Trinajstić information content (AvgIpc) is 3.03. The van der Waals surface area contributed by atoms with Crippen LogP contribution in [0, 0.1) is 5.92 Å². The molecule has 0 unspecified atom stereocenters. The van der Waals surface area contributed by atoms with E-state index < -0.39 is 6.09 Å². The first kappa shape index (κ1) is 14.7. The Kier molecular flexibility index (Phi) is 4.37. The molecule has 0 atom stereocenters. The van der Waals surface area contributed by atoms with Gasteiger partial charge in [0, 0.05) is 30.8 Å². The van der Waals surface area contributed by atoms with Gasteiger partial charge in [0.05, 0.1) is 5.75 Å². The molecule has 0 aromatic heterocycles. The van der Waals surface area contributed by atoms with E-state index in [0.29, 0.717) is 30.6 Å². The summed E-state index contributed by atoms with van der Waals surface area (Å²) in [4.78, 5) is 37.7. The molecule has 2 heterocycles. The van der Waals surface area contributed by atoms with Gasteiger partial charge in [0.25, 0.3) is 5.91 Å². The van der Waals surface area contributed by atoms with Crippen LogP contribution in [0.5, 0.6) is 0 Å². The molecule has 0 radical (unpaired) electrons. The fourth-order valence-electron chi connectivity index (χ4n) is 3.04. The number of cyclic esters (lactones) is 1. The molecule has 1 aliphatic carbocycles. The zero-order chi connectivity index (χ0) is 14.8. The zero-order valence-electron chi connectivity index (χ0n) is 12.0. The summed E-state index contributed by atoms with van der Waals surface area (Å²) in [6, 6.07) is 0. The van der Waals surface area contributed by atoms with Crippen LogP contribution in [0.1, 0.15) is 25.7 Å². The van der Waals surface area contributed by atoms with Gasteiger partial charge in [0.2, 0.25) is 5.91 Å². The number of thioether (sulfide) groups is 1. The van der Waals surface area contributed by atoms with Crippen LogP contribution >= 0.6 is 11.8 Å². The van der Waals surface area contributed by atoms with Crippen molar-refractivity contribution in [2.75, 3.05) is 32.0 Å². The molecule has 6 nitrogen and oxygen atoms in total. The number of hydrogen-bond acceptors (Lipinski definition) is 5. The lowest BCUT2D eigenvalue weighted by Gasteiger charge is -2.40. The molecule has 2 aliphatic heterocycles. The SMILES string of the molecule is O=C(CSC1CCCC1)N1CC(CN2C(=O)COC2=O)C1. The molecular weight excluding hydrogens is 292 g/mol. The second kappa shape index (κ2) is 6.25. The smallest absolute Gasteiger partial charge is 0.417 e. The third-order valence-corrected chi connectivity index (χ3v) is 5.69. The van der Waals surface area contributed by atoms with Crippen LogP contribution in [-0.2, 0) is 14.3 Å². The average molecular weight is 312 g/mol. The quantitative estimate of drug-likeness (QED) is 0.760. The molecule has 0 aromatic carbocycles. The third kappa shape index (κ3) is 3.33. The van der Waals surface area contributed by atoms with Crippen molar-refractivity contribution in [3.05, 3.63) is 0 Å². The lowest BCUT2D eigenvalue weighted by atomic mass is 9.99. The number of rotatable bonds is 5. The molecule has 0 spiro atoms. The Balaban J connectivity index is 1.36. The largest absolute Gasteiger partial charge is 0.439 e. The van der Waals surface area contributed by atoms with E-state index in [1.165, 1.54) is 25.7 Å². The van der Waals surface area contributed by atoms with Crippen molar-refractivity contribution in [2.45, 2.75) is 30.9 Å². The minimum Gasteiger partial charge on any atom is -0.439 e. The van der Waals surface area contributed by atoms with E-state index in [0.717, 1.165) is 4.90 Å². The molecule has 0 bridgehead atoms. The normalized spacial score (nSPS) is 23.6. The van der Waals surface area contributed by atoms with Gasteiger partial charge < -0.3 is 9.64 Å². The van der Waals surface area contributed by atoms with Gasteiger partial charge in [0.1, 0.15) is 0 Å². The fourth-order valence-corrected chi connectivity index (χ4v) is 4.27. The number of nitrogens with zero attached hydrogens (tertiary/aromatic N) is 2. The molecule has 3 amide bonds. The maximum absolute atomic E-state index is 12.0. The first-order chi connectivity index (χ1) is 10.1. The van der Waals surface area contributed by atoms with Crippen molar-refractivity contribution in [2.24, 2.45) is 5.92 Å². The van der Waals surface area contributed by atoms with Crippen molar-refractivity contribution >= 4 is 29.7 Å². The number of hydrogen-bond donors (Lipinski definition) is 0. The maximum atomic E-state index is 12.0. The first-order valence-corrected chi connectivity index (χ1v) is 8.55. The summed E-state index contributed by atoms with van der Waals surface area (Å²) in [6.45, 7) is 1.51. The highest BCUT2D eigenvalue weighted by Gasteiger charge is 2.38. The Morgan fingerprint density at radius 2 is 1.95 bits per heavy atom. The topological polar surface area (TPSA) is 66.9 Å². The van der Waals surface area contributed by atoms with E-state index in [1.807, 2.05) is 4.90 Å². The van der Waals surface area contributed by atoms with Crippen molar-refractivity contribution in [1.82, 2.24) is 9.80 Å². The number of amides is 3. The van der Waals surface area contributed by atoms with Crippen molar-refractivity contribution in [1.29, 1.82) is 0 Å². The second-order valence-electron chi connectivity index (χ2n) is 5.94. The van der Waals surface area contributed by atoms with Crippen LogP contribution in [0.4, 0.5) is 4.79 Å². The molecule has 0 aromatic rings. The standard InChI is InChI=1S/C14H20N2O4S/c17-12-8-20-14(19)16(12)7-10-5-15(6-10)13(18)9-21-11-3-1-2-4-11/h10-11H,1-9H2. The Labute approximate surface area is 128 Å². The predicted octanol–water partition coefficient (Wildman–Crippen LogP) is 1.10. The molecule has 0 N–H and O–H groups in total. The van der Waals surface area contributed by atoms with Crippen LogP contribution in [0.15, 0.2) is 0 Å². The van der Waals surface area contributed by atoms with Gasteiger partial charge in [-0.05, 0) is 12.8 Å². The van der Waals surface area contributed by atoms with E-state index in [1.54, 1.807) is 11.8 Å². The third-order valence-electron chi connectivity index (χ3n) is 4.34. The van der Waals surface area contributed by atoms with Gasteiger partial charge in [-0.2, -0.15) is 0 Å². The van der Waals surface area contributed by atoms with Crippen LogP contribution in [0.2, 0.25) is 0 Å². The number of carbonyl (C=O) groups excluding carboxylic acids is 3. The Morgan fingerprint density at radius 3 is 2.57 bits per heavy atom. The van der Waals surface area contributed by atoms with Crippen molar-refractivity contribution in [3.63, 3.8) is 0 Å². The summed E-state index contributed by atoms with van der Waals surface area (Å²) in [7, 11) is 0. The highest BCUT2D eigenvalue weighted by Crippen LogP contribution is 2.30. The lowest BCUT2D eigenvalue weighted by Crippen LogP contribution is -2.55. The summed E-state index contributed by atoms with van der Waals surface area (Å²) in [6.07, 6.45) is 4.50. The van der Waals surface area contributed by atoms with E-state index in [-0.39, 0.29) is 24.3 Å². The first-order valence-electron chi connectivity index (χ1n) is 7.50. The molecule has 116 valence electrons. The molecule has 3 fully saturated rings. The highest BCUT2D eigenvalue weighted by atomic mass is 32.2. The molecule has 3 aliphatic rings. The highest BCUT2D eigenvalue weighted by molar-refractivity contribution is 8.00. The molecule has 3 rings (SSSR count). The summed E-state index contributed by atoms with van der Waals surface area (Å²) in [5.74, 6) is 0.655. The molecule has 2 saturated heterocycles. The predicted molar refractivity (Wildman–Crippen MR) is 77.8 cm³/mol. The number of ether oxygens (including phenoxy) is 1. The van der Waals surface area contributed by atoms with Crippen molar-refractivity contribution < 1.29 is 19.1 Å². The Morgan fingerprint density at radius 1 is 1.24 bits per heavy atom. The van der Waals surface area contributed by atoms with Gasteiger partial charge in [-0.3, -0.25) is 9.59 Å². The Bertz CT molecular complexity index is 428. The van der Waals surface area contributed by atoms with E-state index in [2.05, 4.69) is 4.74 Å². The second-order valence-corrected chi connectivity index (χ2v) is 7.23. The van der Waals surface area contributed by atoms with Gasteiger partial charge in [-0.25, -0.2) is 9.69 Å². The summed E-state index contributed by atoms with van der Waals surface area (Å²) >= 11 is 1.77. The van der Waals surface area contributed by atoms with Crippen LogP contribution in [0.3, 0.4) is 0 Å². The number of likely N-dealkylation sites (tertiary alicyclic amines) is 1. The molecule has 7 heteroatoms. The number of imide groups is 1. The summed E-state index contributed by atoms with van der Waals surface area (Å²) in [5.41, 5.74) is 0. The van der Waals surface area contributed by atoms with E-state index in [9.17, 15) is 14.4 Å². The summed E-state index contributed by atoms with van der Waals surface area (Å²) < 4.78 is 4.67. The fraction of sp³-hybridized carbons (Fsp3) is 0.786. The molecular formula is C14H20N2O4S. The van der Waals surface area contributed by atoms with Gasteiger partial charge >= 0.3 is 6.09 Å². The monoisotopic (exact) mass is 312 g/mol. The zero-order valence-corrected chi connectivity index (χ0v) is 12.8. The van der Waals surface area contributed by atoms with Crippen LogP contribution in [-0.4, -0.2) is 65.0 Å². The number of carbonyl (C=O) groups is 3. The minimum atomic E-state index is -0.554. The van der Waals surface area contributed by atoms with Crippen LogP contribution in [0.25, 0.3) is 0 Å². The van der Waals surface area contributed by atoms with E-state index in [4.69, 9.17) is 0 Å². The van der Waals surface area contributed by atoms with Crippen LogP contribution < -0.4 is 0 Å². The van der Waals surface area contributed by atoms with Gasteiger partial charge in [-0.1, -0.05) is 12.8 Å². The van der Waals surface area contributed by atoms with Crippen molar-refractivity contribution in [3.8, 4) is 0 Å². The molecule has 21 heavy (non-hydrogen) atoms. The van der Waals surface area contributed by atoms with Gasteiger partial charge in [-0.15, -0.1) is 11.8 Å². The minimum absolute atomic E-state index is 0.147. The maximum Gasteiger partial charge on any atom is 0.417 e. The lowest BCUT2D eigenvalue weighted by molar-refractivity contribution is -0.135. The molecule has 1 saturated carbocycles. The Hall–Kier alpha value is -1.24. The van der Waals surface area contributed by atoms with E-state index >= 15 is 0 Å². The van der Waals surface area contributed by atoms with Gasteiger partial charge in [0.15, 0.2) is 6.61 Å². The summed E-state index contributed by atoms with van der Waals surface area (Å²) in [5, 5.41) is 0.656.